The largest absolute Gasteiger partial charge is 0.378 e. The molecule has 0 aliphatic heterocycles. The third-order valence-corrected chi connectivity index (χ3v) is 6.12. The normalized spacial score (nSPS) is 11.1. The van der Waals surface area contributed by atoms with Crippen molar-refractivity contribution in [3.8, 4) is 0 Å². The topological polar surface area (TPSA) is 69.7 Å². The maximum Gasteiger partial charge on any atom is 0.261 e. The third-order valence-electron chi connectivity index (χ3n) is 4.73. The Labute approximate surface area is 182 Å². The van der Waals surface area contributed by atoms with Gasteiger partial charge in [0.15, 0.2) is 0 Å². The van der Waals surface area contributed by atoms with E-state index in [0.29, 0.717) is 17.8 Å². The van der Waals surface area contributed by atoms with E-state index in [1.165, 1.54) is 24.3 Å². The molecule has 0 heterocycles. The van der Waals surface area contributed by atoms with Crippen LogP contribution in [0.2, 0.25) is 0 Å². The lowest BCUT2D eigenvalue weighted by molar-refractivity contribution is 0.0785. The first-order chi connectivity index (χ1) is 14.7. The fourth-order valence-electron chi connectivity index (χ4n) is 2.97. The Balaban J connectivity index is 1.66. The number of benzene rings is 3. The monoisotopic (exact) mass is 441 g/mol. The van der Waals surface area contributed by atoms with Crippen LogP contribution in [0.15, 0.2) is 77.7 Å². The molecule has 3 aromatic carbocycles. The molecular weight excluding hydrogens is 417 g/mol. The van der Waals surface area contributed by atoms with Crippen LogP contribution in [0.25, 0.3) is 0 Å². The number of nitrogens with one attached hydrogen (secondary N) is 1. The van der Waals surface area contributed by atoms with Gasteiger partial charge in [-0.3, -0.25) is 9.52 Å². The van der Waals surface area contributed by atoms with Crippen molar-refractivity contribution in [1.29, 1.82) is 0 Å². The second-order valence-electron chi connectivity index (χ2n) is 7.36. The second-order valence-corrected chi connectivity index (χ2v) is 9.04. The number of hydrogen-bond acceptors (Lipinski definition) is 4. The van der Waals surface area contributed by atoms with Crippen molar-refractivity contribution in [2.45, 2.75) is 11.4 Å². The summed E-state index contributed by atoms with van der Waals surface area (Å²) in [6.07, 6.45) is 0. The molecule has 0 aliphatic carbocycles. The smallest absolute Gasteiger partial charge is 0.261 e. The van der Waals surface area contributed by atoms with E-state index < -0.39 is 15.8 Å². The number of hydrogen-bond donors (Lipinski definition) is 1. The molecular formula is C23H24FN3O3S. The van der Waals surface area contributed by atoms with Gasteiger partial charge in [-0.1, -0.05) is 12.1 Å². The van der Waals surface area contributed by atoms with Crippen molar-refractivity contribution in [2.75, 3.05) is 30.8 Å². The van der Waals surface area contributed by atoms with Gasteiger partial charge >= 0.3 is 0 Å². The standard InChI is InChI=1S/C23H24FN3O3S/c1-26(2)21-12-4-17(5-13-21)16-27(3)23(28)18-6-10-20(11-7-18)25-31(29,30)22-14-8-19(24)9-15-22/h4-15,25H,16H2,1-3H3. The molecule has 0 saturated heterocycles. The maximum absolute atomic E-state index is 13.0. The highest BCUT2D eigenvalue weighted by Crippen LogP contribution is 2.19. The summed E-state index contributed by atoms with van der Waals surface area (Å²) in [5.74, 6) is -0.691. The van der Waals surface area contributed by atoms with Gasteiger partial charge in [0.2, 0.25) is 0 Å². The summed E-state index contributed by atoms with van der Waals surface area (Å²) in [5.41, 5.74) is 2.83. The van der Waals surface area contributed by atoms with Crippen LogP contribution in [0.4, 0.5) is 15.8 Å². The van der Waals surface area contributed by atoms with Gasteiger partial charge in [-0.15, -0.1) is 0 Å². The molecule has 3 aromatic rings. The molecule has 0 aliphatic rings. The molecule has 0 spiro atoms. The van der Waals surface area contributed by atoms with Crippen LogP contribution >= 0.6 is 0 Å². The molecule has 0 radical (unpaired) electrons. The zero-order valence-corrected chi connectivity index (χ0v) is 18.4. The molecule has 1 N–H and O–H groups in total. The summed E-state index contributed by atoms with van der Waals surface area (Å²) in [4.78, 5) is 16.3. The zero-order chi connectivity index (χ0) is 22.6. The molecule has 31 heavy (non-hydrogen) atoms. The van der Waals surface area contributed by atoms with E-state index in [9.17, 15) is 17.6 Å². The molecule has 0 atom stereocenters. The lowest BCUT2D eigenvalue weighted by Crippen LogP contribution is -2.26. The van der Waals surface area contributed by atoms with Gasteiger partial charge in [-0.25, -0.2) is 12.8 Å². The van der Waals surface area contributed by atoms with Gasteiger partial charge in [0.25, 0.3) is 15.9 Å². The van der Waals surface area contributed by atoms with Gasteiger partial charge in [-0.05, 0) is 66.2 Å². The second kappa shape index (κ2) is 9.18. The predicted octanol–water partition coefficient (Wildman–Crippen LogP) is 3.96. The van der Waals surface area contributed by atoms with Crippen molar-refractivity contribution in [1.82, 2.24) is 4.90 Å². The number of anilines is 2. The van der Waals surface area contributed by atoms with E-state index in [4.69, 9.17) is 0 Å². The van der Waals surface area contributed by atoms with Crippen LogP contribution in [-0.4, -0.2) is 40.4 Å². The summed E-state index contributed by atoms with van der Waals surface area (Å²) >= 11 is 0. The number of carbonyl (C=O) groups is 1. The molecule has 1 amide bonds. The Morgan fingerprint density at radius 2 is 1.45 bits per heavy atom. The highest BCUT2D eigenvalue weighted by Gasteiger charge is 2.16. The summed E-state index contributed by atoms with van der Waals surface area (Å²) in [6.45, 7) is 0.450. The molecule has 0 bridgehead atoms. The highest BCUT2D eigenvalue weighted by molar-refractivity contribution is 7.92. The fraction of sp³-hybridized carbons (Fsp3) is 0.174. The zero-order valence-electron chi connectivity index (χ0n) is 17.5. The number of sulfonamides is 1. The number of rotatable bonds is 7. The van der Waals surface area contributed by atoms with E-state index in [-0.39, 0.29) is 10.8 Å². The maximum atomic E-state index is 13.0. The summed E-state index contributed by atoms with van der Waals surface area (Å²) < 4.78 is 40.2. The van der Waals surface area contributed by atoms with Crippen molar-refractivity contribution < 1.29 is 17.6 Å². The van der Waals surface area contributed by atoms with Crippen molar-refractivity contribution in [3.63, 3.8) is 0 Å². The van der Waals surface area contributed by atoms with Gasteiger partial charge in [-0.2, -0.15) is 0 Å². The first-order valence-corrected chi connectivity index (χ1v) is 11.0. The van der Waals surface area contributed by atoms with Crippen LogP contribution in [0, 0.1) is 5.82 Å². The average molecular weight is 442 g/mol. The Kier molecular flexibility index (Phi) is 6.60. The molecule has 0 unspecified atom stereocenters. The Morgan fingerprint density at radius 3 is 2.00 bits per heavy atom. The van der Waals surface area contributed by atoms with Gasteiger partial charge in [0, 0.05) is 44.6 Å². The number of nitrogens with zero attached hydrogens (tertiary/aromatic N) is 2. The van der Waals surface area contributed by atoms with Gasteiger partial charge < -0.3 is 9.80 Å². The van der Waals surface area contributed by atoms with Crippen LogP contribution < -0.4 is 9.62 Å². The summed E-state index contributed by atoms with van der Waals surface area (Å²) in [6, 6.07) is 18.7. The van der Waals surface area contributed by atoms with Gasteiger partial charge in [0.05, 0.1) is 4.90 Å². The SMILES string of the molecule is CN(Cc1ccc(N(C)C)cc1)C(=O)c1ccc(NS(=O)(=O)c2ccc(F)cc2)cc1. The molecule has 8 heteroatoms. The Morgan fingerprint density at radius 1 is 0.871 bits per heavy atom. The van der Waals surface area contributed by atoms with E-state index in [2.05, 4.69) is 4.72 Å². The van der Waals surface area contributed by atoms with E-state index in [1.807, 2.05) is 43.3 Å². The fourth-order valence-corrected chi connectivity index (χ4v) is 4.03. The van der Waals surface area contributed by atoms with Gasteiger partial charge in [0.1, 0.15) is 5.82 Å². The van der Waals surface area contributed by atoms with Crippen LogP contribution in [0.3, 0.4) is 0 Å². The van der Waals surface area contributed by atoms with Crippen LogP contribution in [0.1, 0.15) is 15.9 Å². The first kappa shape index (κ1) is 22.3. The molecule has 162 valence electrons. The lowest BCUT2D eigenvalue weighted by atomic mass is 10.1. The Bertz CT molecular complexity index is 1140. The van der Waals surface area contributed by atoms with E-state index >= 15 is 0 Å². The predicted molar refractivity (Wildman–Crippen MR) is 120 cm³/mol. The van der Waals surface area contributed by atoms with Crippen LogP contribution in [-0.2, 0) is 16.6 Å². The molecule has 0 fully saturated rings. The quantitative estimate of drug-likeness (QED) is 0.603. The average Bonchev–Trinajstić information content (AvgIpc) is 2.74. The first-order valence-electron chi connectivity index (χ1n) is 9.56. The number of amides is 1. The molecule has 0 saturated carbocycles. The highest BCUT2D eigenvalue weighted by atomic mass is 32.2. The third kappa shape index (κ3) is 5.61. The molecule has 0 aromatic heterocycles. The lowest BCUT2D eigenvalue weighted by Gasteiger charge is -2.19. The van der Waals surface area contributed by atoms with Crippen molar-refractivity contribution in [3.05, 3.63) is 89.7 Å². The number of carbonyl (C=O) groups excluding carboxylic acids is 1. The molecule has 3 rings (SSSR count). The molecule has 6 nitrogen and oxygen atoms in total. The Hall–Kier alpha value is -3.39. The van der Waals surface area contributed by atoms with Crippen LogP contribution in [0.5, 0.6) is 0 Å². The minimum atomic E-state index is -3.85. The van der Waals surface area contributed by atoms with E-state index in [0.717, 1.165) is 23.4 Å². The summed E-state index contributed by atoms with van der Waals surface area (Å²) in [7, 11) is 1.80. The van der Waals surface area contributed by atoms with Crippen molar-refractivity contribution >= 4 is 27.3 Å². The van der Waals surface area contributed by atoms with E-state index in [1.54, 1.807) is 24.1 Å². The summed E-state index contributed by atoms with van der Waals surface area (Å²) in [5, 5.41) is 0. The minimum absolute atomic E-state index is 0.0472. The van der Waals surface area contributed by atoms with Crippen molar-refractivity contribution in [2.24, 2.45) is 0 Å². The minimum Gasteiger partial charge on any atom is -0.378 e. The number of halogens is 1.